The minimum atomic E-state index is -0.474. The Morgan fingerprint density at radius 2 is 1.85 bits per heavy atom. The Labute approximate surface area is 209 Å². The van der Waals surface area contributed by atoms with Gasteiger partial charge in [0.1, 0.15) is 6.10 Å². The highest BCUT2D eigenvalue weighted by atomic mass is 16.7. The van der Waals surface area contributed by atoms with Crippen molar-refractivity contribution >= 4 is 6.16 Å². The van der Waals surface area contributed by atoms with Crippen LogP contribution in [0.3, 0.4) is 0 Å². The van der Waals surface area contributed by atoms with Crippen LogP contribution in [0.4, 0.5) is 4.79 Å². The maximum absolute atomic E-state index is 12.0. The highest BCUT2D eigenvalue weighted by Crippen LogP contribution is 2.67. The molecule has 0 aromatic carbocycles. The molecule has 8 atom stereocenters. The van der Waals surface area contributed by atoms with Crippen molar-refractivity contribution in [3.63, 3.8) is 0 Å². The average Bonchev–Trinajstić information content (AvgIpc) is 3.15. The van der Waals surface area contributed by atoms with E-state index in [1.54, 1.807) is 5.57 Å². The van der Waals surface area contributed by atoms with E-state index in [1.807, 2.05) is 6.92 Å². The highest BCUT2D eigenvalue weighted by molar-refractivity contribution is 5.60. The first-order chi connectivity index (χ1) is 16.2. The summed E-state index contributed by atoms with van der Waals surface area (Å²) in [6, 6.07) is 0. The zero-order valence-electron chi connectivity index (χ0n) is 23.0. The molecule has 0 bridgehead atoms. The van der Waals surface area contributed by atoms with Crippen molar-refractivity contribution in [3.05, 3.63) is 11.6 Å². The quantitative estimate of drug-likeness (QED) is 0.261. The molecule has 0 saturated heterocycles. The largest absolute Gasteiger partial charge is 0.508 e. The molecule has 4 aliphatic rings. The molecule has 0 heterocycles. The van der Waals surface area contributed by atoms with Crippen molar-refractivity contribution in [1.29, 1.82) is 0 Å². The Balaban J connectivity index is 1.41. The summed E-state index contributed by atoms with van der Waals surface area (Å²) in [5.74, 6) is 5.19. The Hall–Kier alpha value is -0.990. The third kappa shape index (κ3) is 4.96. The third-order valence-corrected chi connectivity index (χ3v) is 10.9. The molecule has 0 aliphatic heterocycles. The van der Waals surface area contributed by atoms with Crippen LogP contribution in [-0.2, 0) is 9.47 Å². The van der Waals surface area contributed by atoms with Gasteiger partial charge in [0.15, 0.2) is 0 Å². The number of fused-ring (bicyclic) bond motifs is 5. The normalized spacial score (nSPS) is 40.1. The number of ether oxygens (including phenoxy) is 2. The monoisotopic (exact) mass is 472 g/mol. The lowest BCUT2D eigenvalue weighted by atomic mass is 9.47. The summed E-state index contributed by atoms with van der Waals surface area (Å²) in [4.78, 5) is 12.0. The number of hydrogen-bond donors (Lipinski definition) is 0. The van der Waals surface area contributed by atoms with Gasteiger partial charge in [0.05, 0.1) is 6.61 Å². The fourth-order valence-electron chi connectivity index (χ4n) is 9.11. The van der Waals surface area contributed by atoms with Crippen LogP contribution < -0.4 is 0 Å². The maximum atomic E-state index is 12.0. The lowest BCUT2D eigenvalue weighted by Gasteiger charge is -2.58. The molecule has 0 N–H and O–H groups in total. The molecule has 0 spiro atoms. The predicted molar refractivity (Wildman–Crippen MR) is 140 cm³/mol. The van der Waals surface area contributed by atoms with Crippen LogP contribution >= 0.6 is 0 Å². The van der Waals surface area contributed by atoms with E-state index in [0.29, 0.717) is 17.4 Å². The molecule has 194 valence electrons. The van der Waals surface area contributed by atoms with Gasteiger partial charge in [-0.15, -0.1) is 0 Å². The van der Waals surface area contributed by atoms with Gasteiger partial charge in [-0.2, -0.15) is 0 Å². The van der Waals surface area contributed by atoms with Crippen molar-refractivity contribution in [3.8, 4) is 0 Å². The molecule has 4 aliphatic carbocycles. The third-order valence-electron chi connectivity index (χ3n) is 10.9. The van der Waals surface area contributed by atoms with E-state index in [1.165, 1.54) is 51.4 Å². The molecule has 0 radical (unpaired) electrons. The second-order valence-electron chi connectivity index (χ2n) is 13.4. The van der Waals surface area contributed by atoms with Gasteiger partial charge in [0.25, 0.3) is 0 Å². The van der Waals surface area contributed by atoms with Gasteiger partial charge in [-0.3, -0.25) is 0 Å². The van der Waals surface area contributed by atoms with E-state index in [-0.39, 0.29) is 6.10 Å². The second-order valence-corrected chi connectivity index (χ2v) is 13.4. The Morgan fingerprint density at radius 3 is 2.59 bits per heavy atom. The topological polar surface area (TPSA) is 35.5 Å². The standard InChI is InChI=1S/C31H52O3/c1-7-19-33-29(32)34-24-15-17-30(5)23(20-24)11-12-25-27-14-13-26(22(4)10-8-9-21(2)3)31(27,6)18-16-28(25)30/h11,21-22,24-28H,7-10,12-20H2,1-6H3/t22-,24+,25+,26-,27-,28+,30-,31+/m1/s1. The SMILES string of the molecule is CCCOC(=O)O[C@H]1CC[C@]2(C)C(=CC[C@H]3[C@H]4CC[C@H]([C@H](C)CCCC(C)C)[C@]4(C)CC[C@@H]32)C1. The van der Waals surface area contributed by atoms with Gasteiger partial charge in [0, 0.05) is 6.42 Å². The maximum Gasteiger partial charge on any atom is 0.508 e. The second kappa shape index (κ2) is 10.6. The van der Waals surface area contributed by atoms with Crippen molar-refractivity contribution in [1.82, 2.24) is 0 Å². The first kappa shape index (κ1) is 26.1. The van der Waals surface area contributed by atoms with Crippen LogP contribution in [0.1, 0.15) is 119 Å². The molecule has 3 saturated carbocycles. The lowest BCUT2D eigenvalue weighted by molar-refractivity contribution is -0.0616. The molecule has 0 aromatic heterocycles. The Morgan fingerprint density at radius 1 is 1.06 bits per heavy atom. The summed E-state index contributed by atoms with van der Waals surface area (Å²) in [6.45, 7) is 15.0. The average molecular weight is 473 g/mol. The van der Waals surface area contributed by atoms with Crippen LogP contribution in [0.25, 0.3) is 0 Å². The van der Waals surface area contributed by atoms with Crippen LogP contribution in [0, 0.1) is 46.3 Å². The van der Waals surface area contributed by atoms with E-state index in [0.717, 1.165) is 61.2 Å². The molecular formula is C31H52O3. The van der Waals surface area contributed by atoms with E-state index in [2.05, 4.69) is 40.7 Å². The number of carbonyl (C=O) groups is 1. The predicted octanol–water partition coefficient (Wildman–Crippen LogP) is 8.96. The summed E-state index contributed by atoms with van der Waals surface area (Å²) in [5.41, 5.74) is 2.43. The smallest absolute Gasteiger partial charge is 0.434 e. The van der Waals surface area contributed by atoms with Crippen LogP contribution in [0.15, 0.2) is 11.6 Å². The fourth-order valence-corrected chi connectivity index (χ4v) is 9.11. The zero-order chi connectivity index (χ0) is 24.5. The minimum absolute atomic E-state index is 0.00311. The van der Waals surface area contributed by atoms with Gasteiger partial charge in [-0.1, -0.05) is 72.5 Å². The molecule has 0 amide bonds. The van der Waals surface area contributed by atoms with Crippen molar-refractivity contribution in [2.45, 2.75) is 125 Å². The van der Waals surface area contributed by atoms with Crippen LogP contribution in [0.2, 0.25) is 0 Å². The molecule has 3 fully saturated rings. The zero-order valence-corrected chi connectivity index (χ0v) is 23.0. The lowest BCUT2D eigenvalue weighted by Crippen LogP contribution is -2.51. The summed E-state index contributed by atoms with van der Waals surface area (Å²) in [5, 5.41) is 0. The number of hydrogen-bond acceptors (Lipinski definition) is 3. The molecule has 34 heavy (non-hydrogen) atoms. The summed E-state index contributed by atoms with van der Waals surface area (Å²) in [7, 11) is 0. The van der Waals surface area contributed by atoms with Crippen molar-refractivity contribution in [2.75, 3.05) is 6.61 Å². The Bertz CT molecular complexity index is 741. The first-order valence-corrected chi connectivity index (χ1v) is 14.7. The van der Waals surface area contributed by atoms with Gasteiger partial charge >= 0.3 is 6.16 Å². The summed E-state index contributed by atoms with van der Waals surface area (Å²) < 4.78 is 10.9. The van der Waals surface area contributed by atoms with Gasteiger partial charge in [-0.05, 0) is 97.7 Å². The van der Waals surface area contributed by atoms with Crippen molar-refractivity contribution in [2.24, 2.45) is 46.3 Å². The molecule has 0 unspecified atom stereocenters. The van der Waals surface area contributed by atoms with Gasteiger partial charge in [-0.25, -0.2) is 4.79 Å². The van der Waals surface area contributed by atoms with E-state index in [9.17, 15) is 4.79 Å². The molecular weight excluding hydrogens is 420 g/mol. The van der Waals surface area contributed by atoms with Gasteiger partial charge in [0.2, 0.25) is 0 Å². The van der Waals surface area contributed by atoms with E-state index in [4.69, 9.17) is 9.47 Å². The molecule has 0 aromatic rings. The summed E-state index contributed by atoms with van der Waals surface area (Å²) in [6.07, 6.45) is 17.2. The highest BCUT2D eigenvalue weighted by Gasteiger charge is 2.59. The van der Waals surface area contributed by atoms with Gasteiger partial charge < -0.3 is 9.47 Å². The minimum Gasteiger partial charge on any atom is -0.434 e. The first-order valence-electron chi connectivity index (χ1n) is 14.7. The van der Waals surface area contributed by atoms with Crippen LogP contribution in [-0.4, -0.2) is 18.9 Å². The summed E-state index contributed by atoms with van der Waals surface area (Å²) >= 11 is 0. The fraction of sp³-hybridized carbons (Fsp3) is 0.903. The number of allylic oxidation sites excluding steroid dienone is 1. The molecule has 4 rings (SSSR count). The van der Waals surface area contributed by atoms with Crippen molar-refractivity contribution < 1.29 is 14.3 Å². The number of rotatable bonds is 8. The molecule has 3 heteroatoms. The van der Waals surface area contributed by atoms with Crippen LogP contribution in [0.5, 0.6) is 0 Å². The van der Waals surface area contributed by atoms with E-state index >= 15 is 0 Å². The number of carbonyl (C=O) groups excluding carboxylic acids is 1. The molecule has 3 nitrogen and oxygen atoms in total. The van der Waals surface area contributed by atoms with E-state index < -0.39 is 6.16 Å². The Kier molecular flexibility index (Phi) is 8.10.